The van der Waals surface area contributed by atoms with E-state index in [0.29, 0.717) is 29.5 Å². The molecule has 0 heterocycles. The number of nitriles is 1. The molecule has 1 aromatic rings. The van der Waals surface area contributed by atoms with Gasteiger partial charge in [0, 0.05) is 6.54 Å². The fourth-order valence-corrected chi connectivity index (χ4v) is 1.44. The summed E-state index contributed by atoms with van der Waals surface area (Å²) in [6.07, 6.45) is 0.935. The van der Waals surface area contributed by atoms with Gasteiger partial charge in [0.2, 0.25) is 0 Å². The summed E-state index contributed by atoms with van der Waals surface area (Å²) in [6, 6.07) is 6.70. The van der Waals surface area contributed by atoms with E-state index in [2.05, 4.69) is 19.2 Å². The molecule has 102 valence electrons. The number of hydrogen-bond donors (Lipinski definition) is 2. The van der Waals surface area contributed by atoms with Crippen molar-refractivity contribution in [3.05, 3.63) is 23.8 Å². The number of carbonyl (C=O) groups excluding carboxylic acids is 1. The van der Waals surface area contributed by atoms with Gasteiger partial charge in [-0.1, -0.05) is 13.8 Å². The van der Waals surface area contributed by atoms with Crippen LogP contribution >= 0.6 is 0 Å². The maximum atomic E-state index is 11.5. The Balaban J connectivity index is 2.40. The zero-order chi connectivity index (χ0) is 14.3. The molecule has 0 bridgehead atoms. The molecule has 0 radical (unpaired) electrons. The molecule has 0 aliphatic heterocycles. The van der Waals surface area contributed by atoms with Crippen molar-refractivity contribution in [2.45, 2.75) is 20.3 Å². The first-order valence-electron chi connectivity index (χ1n) is 6.22. The molecule has 0 aliphatic carbocycles. The Morgan fingerprint density at radius 2 is 2.26 bits per heavy atom. The Kier molecular flexibility index (Phi) is 5.68. The molecular formula is C14H19N3O2. The van der Waals surface area contributed by atoms with Gasteiger partial charge in [-0.2, -0.15) is 5.26 Å². The van der Waals surface area contributed by atoms with Gasteiger partial charge in [0.25, 0.3) is 5.91 Å². The lowest BCUT2D eigenvalue weighted by Gasteiger charge is -2.10. The lowest BCUT2D eigenvalue weighted by molar-refractivity contribution is -0.123. The molecule has 0 spiro atoms. The van der Waals surface area contributed by atoms with Gasteiger partial charge in [-0.3, -0.25) is 4.79 Å². The maximum Gasteiger partial charge on any atom is 0.257 e. The number of carbonyl (C=O) groups is 1. The second-order valence-electron chi connectivity index (χ2n) is 4.69. The first kappa shape index (κ1) is 14.8. The van der Waals surface area contributed by atoms with Crippen LogP contribution in [0.5, 0.6) is 5.75 Å². The minimum absolute atomic E-state index is 0.0752. The Bertz CT molecular complexity index is 478. The standard InChI is InChI=1S/C14H19N3O2/c1-10(2)5-6-17-14(18)9-19-13-4-3-11(8-15)7-12(13)16/h3-4,7,10H,5-6,9,16H2,1-2H3,(H,17,18). The first-order chi connectivity index (χ1) is 9.02. The predicted molar refractivity (Wildman–Crippen MR) is 73.5 cm³/mol. The third-order valence-electron chi connectivity index (χ3n) is 2.54. The lowest BCUT2D eigenvalue weighted by Crippen LogP contribution is -2.30. The van der Waals surface area contributed by atoms with E-state index in [1.807, 2.05) is 6.07 Å². The number of rotatable bonds is 6. The number of nitrogens with two attached hydrogens (primary N) is 1. The first-order valence-corrected chi connectivity index (χ1v) is 6.22. The minimum Gasteiger partial charge on any atom is -0.482 e. The van der Waals surface area contributed by atoms with Crippen molar-refractivity contribution in [1.29, 1.82) is 5.26 Å². The van der Waals surface area contributed by atoms with E-state index in [-0.39, 0.29) is 12.5 Å². The number of benzene rings is 1. The summed E-state index contributed by atoms with van der Waals surface area (Å²) in [4.78, 5) is 11.5. The predicted octanol–water partition coefficient (Wildman–Crippen LogP) is 1.68. The van der Waals surface area contributed by atoms with E-state index in [9.17, 15) is 4.79 Å². The number of hydrogen-bond acceptors (Lipinski definition) is 4. The fourth-order valence-electron chi connectivity index (χ4n) is 1.44. The van der Waals surface area contributed by atoms with Crippen LogP contribution in [0.25, 0.3) is 0 Å². The van der Waals surface area contributed by atoms with Crippen LogP contribution in [0.1, 0.15) is 25.8 Å². The summed E-state index contributed by atoms with van der Waals surface area (Å²) in [7, 11) is 0. The summed E-state index contributed by atoms with van der Waals surface area (Å²) in [5, 5.41) is 11.5. The van der Waals surface area contributed by atoms with E-state index in [1.165, 1.54) is 6.07 Å². The lowest BCUT2D eigenvalue weighted by atomic mass is 10.1. The second kappa shape index (κ2) is 7.27. The van der Waals surface area contributed by atoms with E-state index < -0.39 is 0 Å². The molecule has 5 heteroatoms. The second-order valence-corrected chi connectivity index (χ2v) is 4.69. The minimum atomic E-state index is -0.176. The Hall–Kier alpha value is -2.22. The largest absolute Gasteiger partial charge is 0.482 e. The summed E-state index contributed by atoms with van der Waals surface area (Å²) in [5.74, 6) is 0.790. The summed E-state index contributed by atoms with van der Waals surface area (Å²) >= 11 is 0. The Morgan fingerprint density at radius 3 is 2.84 bits per heavy atom. The summed E-state index contributed by atoms with van der Waals surface area (Å²) < 4.78 is 5.31. The van der Waals surface area contributed by atoms with Gasteiger partial charge in [-0.25, -0.2) is 0 Å². The molecule has 1 amide bonds. The van der Waals surface area contributed by atoms with Crippen LogP contribution in [-0.2, 0) is 4.79 Å². The summed E-state index contributed by atoms with van der Waals surface area (Å²) in [6.45, 7) is 4.76. The number of nitrogen functional groups attached to an aromatic ring is 1. The van der Waals surface area contributed by atoms with Gasteiger partial charge in [0.15, 0.2) is 6.61 Å². The van der Waals surface area contributed by atoms with Gasteiger partial charge >= 0.3 is 0 Å². The van der Waals surface area contributed by atoms with Crippen LogP contribution in [0.4, 0.5) is 5.69 Å². The van der Waals surface area contributed by atoms with Crippen molar-refractivity contribution in [3.8, 4) is 11.8 Å². The molecule has 0 saturated carbocycles. The molecule has 0 saturated heterocycles. The van der Waals surface area contributed by atoms with Gasteiger partial charge in [-0.05, 0) is 30.5 Å². The summed E-state index contributed by atoms with van der Waals surface area (Å²) in [5.41, 5.74) is 6.53. The zero-order valence-electron chi connectivity index (χ0n) is 11.3. The highest BCUT2D eigenvalue weighted by atomic mass is 16.5. The van der Waals surface area contributed by atoms with Gasteiger partial charge < -0.3 is 15.8 Å². The molecule has 0 unspecified atom stereocenters. The van der Waals surface area contributed by atoms with Crippen molar-refractivity contribution in [2.24, 2.45) is 5.92 Å². The molecule has 0 aromatic heterocycles. The quantitative estimate of drug-likeness (QED) is 0.762. The average Bonchev–Trinajstić information content (AvgIpc) is 2.36. The SMILES string of the molecule is CC(C)CCNC(=O)COc1ccc(C#N)cc1N. The smallest absolute Gasteiger partial charge is 0.257 e. The fraction of sp³-hybridized carbons (Fsp3) is 0.429. The molecular weight excluding hydrogens is 242 g/mol. The van der Waals surface area contributed by atoms with E-state index in [0.717, 1.165) is 6.42 Å². The number of ether oxygens (including phenoxy) is 1. The van der Waals surface area contributed by atoms with Crippen molar-refractivity contribution >= 4 is 11.6 Å². The van der Waals surface area contributed by atoms with Crippen LogP contribution in [-0.4, -0.2) is 19.1 Å². The molecule has 3 N–H and O–H groups in total. The third-order valence-corrected chi connectivity index (χ3v) is 2.54. The van der Waals surface area contributed by atoms with Crippen molar-refractivity contribution in [2.75, 3.05) is 18.9 Å². The van der Waals surface area contributed by atoms with Crippen LogP contribution in [0.2, 0.25) is 0 Å². The monoisotopic (exact) mass is 261 g/mol. The highest BCUT2D eigenvalue weighted by molar-refractivity contribution is 5.77. The number of nitrogens with one attached hydrogen (secondary N) is 1. The van der Waals surface area contributed by atoms with E-state index in [1.54, 1.807) is 12.1 Å². The number of anilines is 1. The molecule has 0 fully saturated rings. The number of nitrogens with zero attached hydrogens (tertiary/aromatic N) is 1. The van der Waals surface area contributed by atoms with E-state index in [4.69, 9.17) is 15.7 Å². The Morgan fingerprint density at radius 1 is 1.53 bits per heavy atom. The van der Waals surface area contributed by atoms with Crippen molar-refractivity contribution < 1.29 is 9.53 Å². The van der Waals surface area contributed by atoms with Crippen molar-refractivity contribution in [3.63, 3.8) is 0 Å². The number of amides is 1. The van der Waals surface area contributed by atoms with Crippen LogP contribution in [0.15, 0.2) is 18.2 Å². The maximum absolute atomic E-state index is 11.5. The molecule has 1 aromatic carbocycles. The average molecular weight is 261 g/mol. The molecule has 0 atom stereocenters. The normalized spacial score (nSPS) is 10.0. The van der Waals surface area contributed by atoms with Crippen LogP contribution in [0, 0.1) is 17.2 Å². The topological polar surface area (TPSA) is 88.1 Å². The zero-order valence-corrected chi connectivity index (χ0v) is 11.3. The van der Waals surface area contributed by atoms with Crippen LogP contribution in [0.3, 0.4) is 0 Å². The van der Waals surface area contributed by atoms with Gasteiger partial charge in [0.1, 0.15) is 5.75 Å². The van der Waals surface area contributed by atoms with Crippen LogP contribution < -0.4 is 15.8 Å². The van der Waals surface area contributed by atoms with E-state index >= 15 is 0 Å². The molecule has 5 nitrogen and oxygen atoms in total. The Labute approximate surface area is 113 Å². The highest BCUT2D eigenvalue weighted by Crippen LogP contribution is 2.21. The molecule has 0 aliphatic rings. The molecule has 19 heavy (non-hydrogen) atoms. The highest BCUT2D eigenvalue weighted by Gasteiger charge is 2.06. The van der Waals surface area contributed by atoms with Gasteiger partial charge in [0.05, 0.1) is 17.3 Å². The molecule has 1 rings (SSSR count). The van der Waals surface area contributed by atoms with Gasteiger partial charge in [-0.15, -0.1) is 0 Å². The third kappa shape index (κ3) is 5.30. The van der Waals surface area contributed by atoms with Crippen molar-refractivity contribution in [1.82, 2.24) is 5.32 Å².